The Kier molecular flexibility index (Phi) is 3.44. The Labute approximate surface area is 87.1 Å². The Morgan fingerprint density at radius 3 is 3.00 bits per heavy atom. The van der Waals surface area contributed by atoms with Gasteiger partial charge in [0.05, 0.1) is 0 Å². The van der Waals surface area contributed by atoms with E-state index in [1.54, 1.807) is 0 Å². The van der Waals surface area contributed by atoms with Gasteiger partial charge in [0.2, 0.25) is 0 Å². The van der Waals surface area contributed by atoms with E-state index in [2.05, 4.69) is 22.1 Å². The second-order valence-electron chi connectivity index (χ2n) is 4.38. The van der Waals surface area contributed by atoms with Gasteiger partial charge in [0, 0.05) is 38.6 Å². The molecule has 1 saturated carbocycles. The first-order chi connectivity index (χ1) is 6.90. The zero-order valence-electron chi connectivity index (χ0n) is 9.05. The molecule has 1 aliphatic heterocycles. The molecule has 0 radical (unpaired) electrons. The van der Waals surface area contributed by atoms with E-state index in [1.807, 2.05) is 6.92 Å². The first kappa shape index (κ1) is 10.0. The number of rotatable bonds is 3. The van der Waals surface area contributed by atoms with E-state index >= 15 is 0 Å². The molecular formula is C12H20N2. The number of hydrogen-bond donors (Lipinski definition) is 1. The number of piperazine rings is 1. The highest BCUT2D eigenvalue weighted by atomic mass is 15.2. The van der Waals surface area contributed by atoms with Gasteiger partial charge in [-0.05, 0) is 25.7 Å². The van der Waals surface area contributed by atoms with E-state index in [1.165, 1.54) is 32.5 Å². The van der Waals surface area contributed by atoms with E-state index < -0.39 is 0 Å². The van der Waals surface area contributed by atoms with Crippen LogP contribution in [0.25, 0.3) is 0 Å². The van der Waals surface area contributed by atoms with Crippen LogP contribution in [0.4, 0.5) is 0 Å². The van der Waals surface area contributed by atoms with Crippen molar-refractivity contribution in [2.24, 2.45) is 5.92 Å². The van der Waals surface area contributed by atoms with Gasteiger partial charge in [0.25, 0.3) is 0 Å². The average molecular weight is 192 g/mol. The molecule has 0 aromatic heterocycles. The Morgan fingerprint density at radius 1 is 1.43 bits per heavy atom. The van der Waals surface area contributed by atoms with Crippen LogP contribution < -0.4 is 5.32 Å². The van der Waals surface area contributed by atoms with Crippen molar-refractivity contribution in [3.8, 4) is 11.8 Å². The zero-order valence-corrected chi connectivity index (χ0v) is 9.05. The van der Waals surface area contributed by atoms with Gasteiger partial charge in [-0.3, -0.25) is 4.90 Å². The van der Waals surface area contributed by atoms with Crippen LogP contribution in [0.5, 0.6) is 0 Å². The van der Waals surface area contributed by atoms with Crippen molar-refractivity contribution in [1.82, 2.24) is 10.2 Å². The van der Waals surface area contributed by atoms with Crippen molar-refractivity contribution in [3.63, 3.8) is 0 Å². The third-order valence-corrected chi connectivity index (χ3v) is 3.21. The zero-order chi connectivity index (χ0) is 9.80. The van der Waals surface area contributed by atoms with Crippen molar-refractivity contribution >= 4 is 0 Å². The third-order valence-electron chi connectivity index (χ3n) is 3.21. The molecule has 0 spiro atoms. The molecule has 0 amide bonds. The molecular weight excluding hydrogens is 172 g/mol. The molecule has 1 saturated heterocycles. The monoisotopic (exact) mass is 192 g/mol. The Hall–Kier alpha value is -0.520. The topological polar surface area (TPSA) is 15.3 Å². The van der Waals surface area contributed by atoms with Gasteiger partial charge in [0.15, 0.2) is 0 Å². The van der Waals surface area contributed by atoms with E-state index in [9.17, 15) is 0 Å². The maximum absolute atomic E-state index is 3.62. The molecule has 1 aliphatic carbocycles. The summed E-state index contributed by atoms with van der Waals surface area (Å²) in [5.41, 5.74) is 0. The fraction of sp³-hybridized carbons (Fsp3) is 0.833. The Balaban J connectivity index is 1.71. The van der Waals surface area contributed by atoms with Crippen LogP contribution in [0.2, 0.25) is 0 Å². The normalized spacial score (nSPS) is 28.2. The smallest absolute Gasteiger partial charge is 0.0223 e. The van der Waals surface area contributed by atoms with E-state index in [0.29, 0.717) is 0 Å². The second-order valence-corrected chi connectivity index (χ2v) is 4.38. The lowest BCUT2D eigenvalue weighted by molar-refractivity contribution is 0.192. The highest BCUT2D eigenvalue weighted by Crippen LogP contribution is 2.33. The van der Waals surface area contributed by atoms with Crippen molar-refractivity contribution in [2.75, 3.05) is 26.2 Å². The van der Waals surface area contributed by atoms with Crippen molar-refractivity contribution in [2.45, 2.75) is 32.2 Å². The largest absolute Gasteiger partial charge is 0.311 e. The standard InChI is InChI=1S/C12H20N2/c1-2-3-4-8-14-9-7-13-12(10-14)11-5-6-11/h11-13H,4-10H2,1H3. The van der Waals surface area contributed by atoms with E-state index in [-0.39, 0.29) is 0 Å². The van der Waals surface area contributed by atoms with Gasteiger partial charge < -0.3 is 5.32 Å². The molecule has 0 aromatic rings. The molecule has 2 rings (SSSR count). The molecule has 78 valence electrons. The number of nitrogens with zero attached hydrogens (tertiary/aromatic N) is 1. The van der Waals surface area contributed by atoms with Crippen LogP contribution in [0.1, 0.15) is 26.2 Å². The first-order valence-corrected chi connectivity index (χ1v) is 5.75. The first-order valence-electron chi connectivity index (χ1n) is 5.75. The fourth-order valence-corrected chi connectivity index (χ4v) is 2.20. The molecule has 2 heteroatoms. The molecule has 1 atom stereocenters. The van der Waals surface area contributed by atoms with Crippen molar-refractivity contribution in [1.29, 1.82) is 0 Å². The lowest BCUT2D eigenvalue weighted by Gasteiger charge is -2.33. The highest BCUT2D eigenvalue weighted by Gasteiger charge is 2.33. The van der Waals surface area contributed by atoms with Crippen LogP contribution in [0.3, 0.4) is 0 Å². The fourth-order valence-electron chi connectivity index (χ4n) is 2.20. The van der Waals surface area contributed by atoms with Crippen LogP contribution in [-0.4, -0.2) is 37.1 Å². The Morgan fingerprint density at radius 2 is 2.29 bits per heavy atom. The van der Waals surface area contributed by atoms with Gasteiger partial charge in [-0.1, -0.05) is 0 Å². The SMILES string of the molecule is CC#CCCN1CCNC(C2CC2)C1. The molecule has 2 aliphatic rings. The molecule has 2 nitrogen and oxygen atoms in total. The van der Waals surface area contributed by atoms with Gasteiger partial charge in [-0.25, -0.2) is 0 Å². The van der Waals surface area contributed by atoms with E-state index in [4.69, 9.17) is 0 Å². The molecule has 1 heterocycles. The molecule has 0 bridgehead atoms. The molecule has 2 fully saturated rings. The summed E-state index contributed by atoms with van der Waals surface area (Å²) in [6.45, 7) is 6.70. The van der Waals surface area contributed by atoms with Gasteiger partial charge in [-0.2, -0.15) is 0 Å². The van der Waals surface area contributed by atoms with Crippen molar-refractivity contribution in [3.05, 3.63) is 0 Å². The lowest BCUT2D eigenvalue weighted by atomic mass is 10.1. The minimum absolute atomic E-state index is 0.776. The van der Waals surface area contributed by atoms with Gasteiger partial charge in [-0.15, -0.1) is 11.8 Å². The quantitative estimate of drug-likeness (QED) is 0.673. The van der Waals surface area contributed by atoms with Gasteiger partial charge in [0.1, 0.15) is 0 Å². The summed E-state index contributed by atoms with van der Waals surface area (Å²) < 4.78 is 0. The Bertz CT molecular complexity index is 234. The van der Waals surface area contributed by atoms with Crippen LogP contribution >= 0.6 is 0 Å². The molecule has 1 unspecified atom stereocenters. The molecule has 1 N–H and O–H groups in total. The minimum atomic E-state index is 0.776. The maximum atomic E-state index is 3.62. The average Bonchev–Trinajstić information content (AvgIpc) is 3.02. The summed E-state index contributed by atoms with van der Waals surface area (Å²) in [5.74, 6) is 7.09. The second kappa shape index (κ2) is 4.82. The summed E-state index contributed by atoms with van der Waals surface area (Å²) in [6.07, 6.45) is 3.93. The minimum Gasteiger partial charge on any atom is -0.311 e. The predicted molar refractivity (Wildman–Crippen MR) is 59.0 cm³/mol. The van der Waals surface area contributed by atoms with E-state index in [0.717, 1.165) is 24.9 Å². The summed E-state index contributed by atoms with van der Waals surface area (Å²) in [6, 6.07) is 0.776. The predicted octanol–water partition coefficient (Wildman–Crippen LogP) is 1.08. The van der Waals surface area contributed by atoms with Crippen LogP contribution in [0, 0.1) is 17.8 Å². The molecule has 14 heavy (non-hydrogen) atoms. The number of nitrogens with one attached hydrogen (secondary N) is 1. The summed E-state index contributed by atoms with van der Waals surface area (Å²) >= 11 is 0. The summed E-state index contributed by atoms with van der Waals surface area (Å²) in [5, 5.41) is 3.62. The number of hydrogen-bond acceptors (Lipinski definition) is 2. The highest BCUT2D eigenvalue weighted by molar-refractivity contribution is 4.96. The third kappa shape index (κ3) is 2.73. The maximum Gasteiger partial charge on any atom is 0.0223 e. The van der Waals surface area contributed by atoms with Crippen LogP contribution in [0.15, 0.2) is 0 Å². The molecule has 0 aromatic carbocycles. The van der Waals surface area contributed by atoms with Gasteiger partial charge >= 0.3 is 0 Å². The van der Waals surface area contributed by atoms with Crippen LogP contribution in [-0.2, 0) is 0 Å². The summed E-state index contributed by atoms with van der Waals surface area (Å²) in [4.78, 5) is 2.56. The summed E-state index contributed by atoms with van der Waals surface area (Å²) in [7, 11) is 0. The lowest BCUT2D eigenvalue weighted by Crippen LogP contribution is -2.51. The van der Waals surface area contributed by atoms with Crippen molar-refractivity contribution < 1.29 is 0 Å².